The van der Waals surface area contributed by atoms with Crippen LogP contribution in [0, 0.1) is 0 Å². The number of thioether (sulfide) groups is 1. The second-order valence-electron chi connectivity index (χ2n) is 3.93. The van der Waals surface area contributed by atoms with E-state index in [1.165, 1.54) is 12.1 Å². The lowest BCUT2D eigenvalue weighted by atomic mass is 10.1. The lowest BCUT2D eigenvalue weighted by Gasteiger charge is -2.14. The minimum absolute atomic E-state index is 0.00673. The minimum atomic E-state index is -2.46. The number of aliphatic hydroxyl groups excluding tert-OH is 1. The topological polar surface area (TPSA) is 62.5 Å². The first-order valence-corrected chi connectivity index (χ1v) is 7.01. The Hall–Kier alpha value is -1.08. The van der Waals surface area contributed by atoms with E-state index in [-0.39, 0.29) is 24.2 Å². The number of aliphatic hydroxyl groups is 1. The van der Waals surface area contributed by atoms with Crippen LogP contribution in [0.3, 0.4) is 0 Å². The summed E-state index contributed by atoms with van der Waals surface area (Å²) >= 11 is 0.444. The average molecular weight is 293 g/mol. The van der Waals surface area contributed by atoms with Gasteiger partial charge in [-0.05, 0) is 25.0 Å². The van der Waals surface area contributed by atoms with Crippen LogP contribution >= 0.6 is 11.8 Å². The predicted molar refractivity (Wildman–Crippen MR) is 69.3 cm³/mol. The molecule has 108 valence electrons. The Morgan fingerprint density at radius 3 is 2.84 bits per heavy atom. The molecule has 0 bridgehead atoms. The fraction of sp³-hybridized carbons (Fsp3) is 0.583. The highest BCUT2D eigenvalue weighted by atomic mass is 32.2. The van der Waals surface area contributed by atoms with Gasteiger partial charge in [0.2, 0.25) is 0 Å². The van der Waals surface area contributed by atoms with Gasteiger partial charge in [0.15, 0.2) is 5.76 Å². The zero-order valence-corrected chi connectivity index (χ0v) is 11.4. The van der Waals surface area contributed by atoms with Crippen molar-refractivity contribution >= 4 is 17.7 Å². The summed E-state index contributed by atoms with van der Waals surface area (Å²) in [5.74, 6) is -2.39. The predicted octanol–water partition coefficient (Wildman–Crippen LogP) is 2.63. The Morgan fingerprint density at radius 1 is 1.53 bits per heavy atom. The molecular weight excluding hydrogens is 276 g/mol. The fourth-order valence-electron chi connectivity index (χ4n) is 1.51. The first-order chi connectivity index (χ1) is 9.06. The van der Waals surface area contributed by atoms with Gasteiger partial charge in [-0.15, -0.1) is 0 Å². The zero-order chi connectivity index (χ0) is 14.3. The molecule has 0 aromatic carbocycles. The van der Waals surface area contributed by atoms with E-state index in [0.717, 1.165) is 0 Å². The average Bonchev–Trinajstić information content (AvgIpc) is 2.84. The third-order valence-electron chi connectivity index (χ3n) is 2.54. The van der Waals surface area contributed by atoms with Crippen molar-refractivity contribution in [3.8, 4) is 0 Å². The quantitative estimate of drug-likeness (QED) is 0.773. The van der Waals surface area contributed by atoms with E-state index in [2.05, 4.69) is 5.32 Å². The van der Waals surface area contributed by atoms with Crippen LogP contribution < -0.4 is 5.32 Å². The Bertz CT molecular complexity index is 398. The number of carbonyl (C=O) groups excluding carboxylic acids is 1. The van der Waals surface area contributed by atoms with Crippen molar-refractivity contribution in [2.24, 2.45) is 0 Å². The molecule has 1 unspecified atom stereocenters. The molecule has 1 aromatic heterocycles. The summed E-state index contributed by atoms with van der Waals surface area (Å²) in [6.07, 6.45) is 1.16. The summed E-state index contributed by atoms with van der Waals surface area (Å²) < 4.78 is 29.2. The van der Waals surface area contributed by atoms with Gasteiger partial charge in [0.25, 0.3) is 11.7 Å². The molecule has 0 saturated heterocycles. The lowest BCUT2D eigenvalue weighted by molar-refractivity contribution is 0.0899. The molecule has 2 N–H and O–H groups in total. The highest BCUT2D eigenvalue weighted by molar-refractivity contribution is 7.98. The first-order valence-electron chi connectivity index (χ1n) is 5.97. The van der Waals surface area contributed by atoms with Crippen LogP contribution in [-0.2, 0) is 5.75 Å². The van der Waals surface area contributed by atoms with Crippen molar-refractivity contribution in [2.75, 3.05) is 6.61 Å². The number of furan rings is 1. The van der Waals surface area contributed by atoms with Gasteiger partial charge in [-0.1, -0.05) is 18.7 Å². The number of hydrogen-bond donors (Lipinski definition) is 2. The van der Waals surface area contributed by atoms with E-state index in [1.54, 1.807) is 0 Å². The Morgan fingerprint density at radius 2 is 2.26 bits per heavy atom. The molecule has 0 aliphatic carbocycles. The van der Waals surface area contributed by atoms with Crippen LogP contribution in [0.2, 0.25) is 0 Å². The van der Waals surface area contributed by atoms with E-state index in [0.29, 0.717) is 30.4 Å². The van der Waals surface area contributed by atoms with E-state index in [1.807, 2.05) is 6.92 Å². The Balaban J connectivity index is 2.52. The monoisotopic (exact) mass is 293 g/mol. The fourth-order valence-corrected chi connectivity index (χ4v) is 1.96. The van der Waals surface area contributed by atoms with Gasteiger partial charge in [-0.2, -0.15) is 8.78 Å². The van der Waals surface area contributed by atoms with Gasteiger partial charge in [-0.3, -0.25) is 4.79 Å². The number of nitrogens with one attached hydrogen (secondary N) is 1. The first kappa shape index (κ1) is 16.0. The highest BCUT2D eigenvalue weighted by Crippen LogP contribution is 2.21. The molecule has 1 rings (SSSR count). The Kier molecular flexibility index (Phi) is 6.86. The normalized spacial score (nSPS) is 12.7. The number of hydrogen-bond acceptors (Lipinski definition) is 4. The molecule has 1 atom stereocenters. The molecule has 0 saturated carbocycles. The second-order valence-corrected chi connectivity index (χ2v) is 4.91. The van der Waals surface area contributed by atoms with E-state index < -0.39 is 11.7 Å². The standard InChI is InChI=1S/C12H17F2NO3S/c1-2-8(5-6-16)15-11(17)10-4-3-9(18-10)7-19-12(13)14/h3-4,8,12,16H,2,5-7H2,1H3,(H,15,17). The molecule has 1 heterocycles. The second kappa shape index (κ2) is 8.16. The third kappa shape index (κ3) is 5.61. The van der Waals surface area contributed by atoms with Gasteiger partial charge in [0.1, 0.15) is 5.76 Å². The number of halogens is 2. The number of alkyl halides is 2. The molecule has 0 aliphatic rings. The zero-order valence-electron chi connectivity index (χ0n) is 10.6. The maximum atomic E-state index is 12.0. The van der Waals surface area contributed by atoms with E-state index in [4.69, 9.17) is 9.52 Å². The van der Waals surface area contributed by atoms with Crippen molar-refractivity contribution in [3.63, 3.8) is 0 Å². The Labute approximate surface area is 114 Å². The van der Waals surface area contributed by atoms with Crippen molar-refractivity contribution in [1.29, 1.82) is 0 Å². The van der Waals surface area contributed by atoms with Gasteiger partial charge in [0, 0.05) is 12.6 Å². The number of carbonyl (C=O) groups is 1. The highest BCUT2D eigenvalue weighted by Gasteiger charge is 2.15. The van der Waals surface area contributed by atoms with Crippen LogP contribution in [0.15, 0.2) is 16.5 Å². The van der Waals surface area contributed by atoms with Crippen LogP contribution in [0.5, 0.6) is 0 Å². The van der Waals surface area contributed by atoms with Gasteiger partial charge < -0.3 is 14.8 Å². The summed E-state index contributed by atoms with van der Waals surface area (Å²) in [7, 11) is 0. The van der Waals surface area contributed by atoms with Crippen molar-refractivity contribution in [3.05, 3.63) is 23.7 Å². The van der Waals surface area contributed by atoms with Crippen LogP contribution in [0.25, 0.3) is 0 Å². The van der Waals surface area contributed by atoms with Gasteiger partial charge in [0.05, 0.1) is 5.75 Å². The largest absolute Gasteiger partial charge is 0.455 e. The van der Waals surface area contributed by atoms with Crippen LogP contribution in [0.1, 0.15) is 36.1 Å². The lowest BCUT2D eigenvalue weighted by Crippen LogP contribution is -2.34. The van der Waals surface area contributed by atoms with Crippen LogP contribution in [0.4, 0.5) is 8.78 Å². The smallest absolute Gasteiger partial charge is 0.287 e. The summed E-state index contributed by atoms with van der Waals surface area (Å²) in [6, 6.07) is 2.85. The maximum Gasteiger partial charge on any atom is 0.287 e. The minimum Gasteiger partial charge on any atom is -0.455 e. The van der Waals surface area contributed by atoms with E-state index >= 15 is 0 Å². The molecule has 1 amide bonds. The molecular formula is C12H17F2NO3S. The summed E-state index contributed by atoms with van der Waals surface area (Å²) in [5.41, 5.74) is 0. The number of rotatable bonds is 8. The summed E-state index contributed by atoms with van der Waals surface area (Å²) in [4.78, 5) is 11.8. The van der Waals surface area contributed by atoms with Crippen molar-refractivity contribution in [1.82, 2.24) is 5.32 Å². The molecule has 0 spiro atoms. The van der Waals surface area contributed by atoms with Crippen LogP contribution in [-0.4, -0.2) is 29.4 Å². The molecule has 19 heavy (non-hydrogen) atoms. The molecule has 0 aliphatic heterocycles. The molecule has 7 heteroatoms. The molecule has 0 fully saturated rings. The van der Waals surface area contributed by atoms with E-state index in [9.17, 15) is 13.6 Å². The maximum absolute atomic E-state index is 12.0. The third-order valence-corrected chi connectivity index (χ3v) is 3.25. The SMILES string of the molecule is CCC(CCO)NC(=O)c1ccc(CSC(F)F)o1. The molecule has 1 aromatic rings. The summed E-state index contributed by atoms with van der Waals surface area (Å²) in [5, 5.41) is 11.5. The van der Waals surface area contributed by atoms with Gasteiger partial charge >= 0.3 is 0 Å². The van der Waals surface area contributed by atoms with Crippen molar-refractivity contribution in [2.45, 2.75) is 37.3 Å². The van der Waals surface area contributed by atoms with Crippen molar-refractivity contribution < 1.29 is 23.1 Å². The van der Waals surface area contributed by atoms with Gasteiger partial charge in [-0.25, -0.2) is 0 Å². The summed E-state index contributed by atoms with van der Waals surface area (Å²) in [6.45, 7) is 1.89. The molecule has 0 radical (unpaired) electrons. The molecule has 4 nitrogen and oxygen atoms in total. The number of amides is 1.